The van der Waals surface area contributed by atoms with E-state index in [1.165, 1.54) is 11.1 Å². The van der Waals surface area contributed by atoms with Gasteiger partial charge in [-0.15, -0.1) is 11.8 Å². The predicted octanol–water partition coefficient (Wildman–Crippen LogP) is 1.46. The van der Waals surface area contributed by atoms with Crippen molar-refractivity contribution in [2.75, 3.05) is 6.26 Å². The molecule has 0 saturated carbocycles. The molecule has 17 heavy (non-hydrogen) atoms. The lowest BCUT2D eigenvalue weighted by atomic mass is 10.2. The summed E-state index contributed by atoms with van der Waals surface area (Å²) in [5.41, 5.74) is 1.35. The van der Waals surface area contributed by atoms with E-state index >= 15 is 0 Å². The summed E-state index contributed by atoms with van der Waals surface area (Å²) < 4.78 is 0. The highest BCUT2D eigenvalue weighted by Crippen LogP contribution is 2.14. The van der Waals surface area contributed by atoms with E-state index in [0.29, 0.717) is 12.2 Å². The molecule has 2 aromatic rings. The standard InChI is InChI=1S/C11H12N4OS/c1-17-9-4-2-8(3-5-9)6-12-11(16)10-7-13-15-14-10/h2-5,7H,6H2,1H3,(H,12,16)(H,13,14,15). The second kappa shape index (κ2) is 5.49. The third-order valence-corrected chi connectivity index (χ3v) is 3.00. The minimum absolute atomic E-state index is 0.229. The Balaban J connectivity index is 1.91. The quantitative estimate of drug-likeness (QED) is 0.804. The van der Waals surface area contributed by atoms with E-state index in [9.17, 15) is 4.79 Å². The number of aromatic amines is 1. The van der Waals surface area contributed by atoms with Crippen LogP contribution in [0.3, 0.4) is 0 Å². The molecule has 1 amide bonds. The molecule has 1 aromatic heterocycles. The fourth-order valence-corrected chi connectivity index (χ4v) is 1.74. The predicted molar refractivity (Wildman–Crippen MR) is 65.8 cm³/mol. The van der Waals surface area contributed by atoms with Gasteiger partial charge in [0.05, 0.1) is 6.20 Å². The van der Waals surface area contributed by atoms with Crippen LogP contribution in [-0.2, 0) is 6.54 Å². The molecule has 0 unspecified atom stereocenters. The molecule has 2 rings (SSSR count). The maximum absolute atomic E-state index is 11.6. The smallest absolute Gasteiger partial charge is 0.273 e. The van der Waals surface area contributed by atoms with Crippen molar-refractivity contribution in [3.63, 3.8) is 0 Å². The minimum atomic E-state index is -0.229. The molecular formula is C11H12N4OS. The first-order valence-corrected chi connectivity index (χ1v) is 6.29. The number of amides is 1. The normalized spacial score (nSPS) is 10.2. The second-order valence-corrected chi connectivity index (χ2v) is 4.27. The van der Waals surface area contributed by atoms with Gasteiger partial charge in [0, 0.05) is 11.4 Å². The zero-order valence-corrected chi connectivity index (χ0v) is 10.1. The van der Waals surface area contributed by atoms with Crippen molar-refractivity contribution in [3.05, 3.63) is 41.7 Å². The van der Waals surface area contributed by atoms with Crippen molar-refractivity contribution in [2.45, 2.75) is 11.4 Å². The number of nitrogens with one attached hydrogen (secondary N) is 2. The minimum Gasteiger partial charge on any atom is -0.347 e. The lowest BCUT2D eigenvalue weighted by Crippen LogP contribution is -2.23. The average Bonchev–Trinajstić information content (AvgIpc) is 2.90. The lowest BCUT2D eigenvalue weighted by molar-refractivity contribution is 0.0946. The Morgan fingerprint density at radius 2 is 2.18 bits per heavy atom. The number of hydrogen-bond acceptors (Lipinski definition) is 4. The first-order chi connectivity index (χ1) is 8.29. The largest absolute Gasteiger partial charge is 0.347 e. The van der Waals surface area contributed by atoms with Crippen LogP contribution in [0.15, 0.2) is 35.4 Å². The van der Waals surface area contributed by atoms with Crippen LogP contribution in [0.25, 0.3) is 0 Å². The van der Waals surface area contributed by atoms with Crippen molar-refractivity contribution < 1.29 is 4.79 Å². The fourth-order valence-electron chi connectivity index (χ4n) is 1.33. The second-order valence-electron chi connectivity index (χ2n) is 3.39. The third-order valence-electron chi connectivity index (χ3n) is 2.26. The van der Waals surface area contributed by atoms with Crippen LogP contribution < -0.4 is 5.32 Å². The average molecular weight is 248 g/mol. The highest BCUT2D eigenvalue weighted by molar-refractivity contribution is 7.98. The van der Waals surface area contributed by atoms with Gasteiger partial charge in [-0.1, -0.05) is 12.1 Å². The molecule has 0 radical (unpaired) electrons. The molecule has 0 bridgehead atoms. The summed E-state index contributed by atoms with van der Waals surface area (Å²) in [5, 5.41) is 12.5. The maximum atomic E-state index is 11.6. The van der Waals surface area contributed by atoms with Gasteiger partial charge in [-0.3, -0.25) is 4.79 Å². The van der Waals surface area contributed by atoms with Gasteiger partial charge < -0.3 is 5.32 Å². The van der Waals surface area contributed by atoms with Crippen LogP contribution in [0.5, 0.6) is 0 Å². The number of benzene rings is 1. The van der Waals surface area contributed by atoms with Crippen molar-refractivity contribution in [1.29, 1.82) is 0 Å². The summed E-state index contributed by atoms with van der Waals surface area (Å²) in [6, 6.07) is 8.05. The third kappa shape index (κ3) is 3.07. The van der Waals surface area contributed by atoms with Gasteiger partial charge in [-0.2, -0.15) is 15.4 Å². The maximum Gasteiger partial charge on any atom is 0.273 e. The molecule has 5 nitrogen and oxygen atoms in total. The van der Waals surface area contributed by atoms with Crippen LogP contribution in [0.2, 0.25) is 0 Å². The van der Waals surface area contributed by atoms with E-state index in [-0.39, 0.29) is 5.91 Å². The molecule has 6 heteroatoms. The molecule has 0 fully saturated rings. The molecule has 0 spiro atoms. The number of carbonyl (C=O) groups excluding carboxylic acids is 1. The Hall–Kier alpha value is -1.82. The number of aromatic nitrogens is 3. The Labute approximate surface area is 103 Å². The lowest BCUT2D eigenvalue weighted by Gasteiger charge is -2.03. The molecule has 0 atom stereocenters. The zero-order valence-electron chi connectivity index (χ0n) is 9.30. The van der Waals surface area contributed by atoms with Crippen molar-refractivity contribution in [3.8, 4) is 0 Å². The molecule has 0 saturated heterocycles. The van der Waals surface area contributed by atoms with E-state index in [4.69, 9.17) is 0 Å². The molecule has 0 aliphatic carbocycles. The van der Waals surface area contributed by atoms with E-state index in [1.54, 1.807) is 11.8 Å². The topological polar surface area (TPSA) is 70.7 Å². The molecule has 1 aromatic carbocycles. The van der Waals surface area contributed by atoms with Gasteiger partial charge in [0.15, 0.2) is 5.69 Å². The van der Waals surface area contributed by atoms with E-state index < -0.39 is 0 Å². The number of carbonyl (C=O) groups is 1. The molecular weight excluding hydrogens is 236 g/mol. The summed E-state index contributed by atoms with van der Waals surface area (Å²) in [7, 11) is 0. The number of H-pyrrole nitrogens is 1. The van der Waals surface area contributed by atoms with Crippen molar-refractivity contribution in [1.82, 2.24) is 20.7 Å². The molecule has 0 aliphatic heterocycles. The molecule has 1 heterocycles. The highest BCUT2D eigenvalue weighted by atomic mass is 32.2. The van der Waals surface area contributed by atoms with Crippen molar-refractivity contribution >= 4 is 17.7 Å². The van der Waals surface area contributed by atoms with Crippen LogP contribution in [0.4, 0.5) is 0 Å². The molecule has 0 aliphatic rings. The van der Waals surface area contributed by atoms with Gasteiger partial charge in [0.25, 0.3) is 5.91 Å². The van der Waals surface area contributed by atoms with Crippen LogP contribution >= 0.6 is 11.8 Å². The highest BCUT2D eigenvalue weighted by Gasteiger charge is 2.07. The van der Waals surface area contributed by atoms with Crippen molar-refractivity contribution in [2.24, 2.45) is 0 Å². The van der Waals surface area contributed by atoms with Gasteiger partial charge in [0.2, 0.25) is 0 Å². The van der Waals surface area contributed by atoms with Gasteiger partial charge >= 0.3 is 0 Å². The summed E-state index contributed by atoms with van der Waals surface area (Å²) in [5.74, 6) is -0.229. The van der Waals surface area contributed by atoms with E-state index in [2.05, 4.69) is 20.7 Å². The Kier molecular flexibility index (Phi) is 3.77. The molecule has 88 valence electrons. The first kappa shape index (κ1) is 11.7. The van der Waals surface area contributed by atoms with Crippen LogP contribution in [-0.4, -0.2) is 27.6 Å². The molecule has 2 N–H and O–H groups in total. The Bertz CT molecular complexity index is 481. The Morgan fingerprint density at radius 1 is 1.41 bits per heavy atom. The summed E-state index contributed by atoms with van der Waals surface area (Å²) in [4.78, 5) is 12.8. The van der Waals surface area contributed by atoms with E-state index in [0.717, 1.165) is 5.56 Å². The number of nitrogens with zero attached hydrogens (tertiary/aromatic N) is 2. The van der Waals surface area contributed by atoms with Gasteiger partial charge in [-0.05, 0) is 24.0 Å². The SMILES string of the molecule is CSc1ccc(CNC(=O)c2cn[nH]n2)cc1. The van der Waals surface area contributed by atoms with E-state index in [1.807, 2.05) is 30.5 Å². The monoisotopic (exact) mass is 248 g/mol. The fraction of sp³-hybridized carbons (Fsp3) is 0.182. The van der Waals surface area contributed by atoms with Gasteiger partial charge in [-0.25, -0.2) is 0 Å². The number of rotatable bonds is 4. The van der Waals surface area contributed by atoms with Gasteiger partial charge in [0.1, 0.15) is 0 Å². The summed E-state index contributed by atoms with van der Waals surface area (Å²) in [6.07, 6.45) is 3.42. The zero-order chi connectivity index (χ0) is 12.1. The Morgan fingerprint density at radius 3 is 2.76 bits per heavy atom. The number of hydrogen-bond donors (Lipinski definition) is 2. The summed E-state index contributed by atoms with van der Waals surface area (Å²) >= 11 is 1.69. The summed E-state index contributed by atoms with van der Waals surface area (Å²) in [6.45, 7) is 0.486. The van der Waals surface area contributed by atoms with Crippen LogP contribution in [0, 0.1) is 0 Å². The van der Waals surface area contributed by atoms with Crippen LogP contribution in [0.1, 0.15) is 16.1 Å². The first-order valence-electron chi connectivity index (χ1n) is 5.06. The number of thioether (sulfide) groups is 1.